The first-order valence-electron chi connectivity index (χ1n) is 5.32. The average Bonchev–Trinajstić information content (AvgIpc) is 2.31. The molecule has 0 amide bonds. The van der Waals surface area contributed by atoms with Crippen molar-refractivity contribution in [1.82, 2.24) is 0 Å². The van der Waals surface area contributed by atoms with Gasteiger partial charge < -0.3 is 5.11 Å². The molecule has 1 N–H and O–H groups in total. The molecule has 0 saturated carbocycles. The van der Waals surface area contributed by atoms with Crippen LogP contribution in [-0.4, -0.2) is 11.1 Å². The largest absolute Gasteiger partial charge is 0.481 e. The van der Waals surface area contributed by atoms with Crippen molar-refractivity contribution < 1.29 is 18.7 Å². The van der Waals surface area contributed by atoms with Crippen LogP contribution in [0.2, 0.25) is 0 Å². The van der Waals surface area contributed by atoms with Gasteiger partial charge in [-0.3, -0.25) is 4.79 Å². The van der Waals surface area contributed by atoms with Crippen molar-refractivity contribution in [2.24, 2.45) is 0 Å². The van der Waals surface area contributed by atoms with Gasteiger partial charge in [-0.25, -0.2) is 8.78 Å². The minimum absolute atomic E-state index is 0.0873. The summed E-state index contributed by atoms with van der Waals surface area (Å²) in [5.74, 6) is -2.07. The standard InChI is InChI=1S/C14H10F2O2/c15-12-3-1-2-9(7-12)10-4-5-13(16)11(6-10)8-14(17)18/h1-7H,8H2,(H,17,18). The van der Waals surface area contributed by atoms with Gasteiger partial charge in [0.15, 0.2) is 0 Å². The first-order chi connectivity index (χ1) is 8.56. The fourth-order valence-electron chi connectivity index (χ4n) is 1.72. The van der Waals surface area contributed by atoms with Crippen LogP contribution in [0.1, 0.15) is 5.56 Å². The van der Waals surface area contributed by atoms with Crippen LogP contribution < -0.4 is 0 Å². The molecular weight excluding hydrogens is 238 g/mol. The maximum absolute atomic E-state index is 13.4. The summed E-state index contributed by atoms with van der Waals surface area (Å²) < 4.78 is 26.5. The number of rotatable bonds is 3. The molecule has 0 bridgehead atoms. The predicted molar refractivity (Wildman–Crippen MR) is 63.1 cm³/mol. The van der Waals surface area contributed by atoms with E-state index in [9.17, 15) is 13.6 Å². The molecule has 0 atom stereocenters. The number of halogens is 2. The zero-order valence-electron chi connectivity index (χ0n) is 9.36. The predicted octanol–water partition coefficient (Wildman–Crippen LogP) is 3.26. The highest BCUT2D eigenvalue weighted by atomic mass is 19.1. The van der Waals surface area contributed by atoms with E-state index in [-0.39, 0.29) is 5.56 Å². The maximum atomic E-state index is 13.4. The molecule has 2 rings (SSSR count). The summed E-state index contributed by atoms with van der Waals surface area (Å²) in [6.07, 6.45) is -0.394. The highest BCUT2D eigenvalue weighted by Gasteiger charge is 2.09. The zero-order valence-corrected chi connectivity index (χ0v) is 9.36. The number of benzene rings is 2. The first kappa shape index (κ1) is 12.2. The summed E-state index contributed by atoms with van der Waals surface area (Å²) >= 11 is 0. The van der Waals surface area contributed by atoms with Crippen molar-refractivity contribution in [2.45, 2.75) is 6.42 Å². The van der Waals surface area contributed by atoms with E-state index in [2.05, 4.69) is 0 Å². The SMILES string of the molecule is O=C(O)Cc1cc(-c2cccc(F)c2)ccc1F. The van der Waals surface area contributed by atoms with Crippen molar-refractivity contribution in [3.05, 3.63) is 59.7 Å². The van der Waals surface area contributed by atoms with Crippen LogP contribution in [0.25, 0.3) is 11.1 Å². The highest BCUT2D eigenvalue weighted by molar-refractivity contribution is 5.72. The van der Waals surface area contributed by atoms with E-state index in [0.717, 1.165) is 0 Å². The molecule has 0 aliphatic rings. The van der Waals surface area contributed by atoms with Crippen LogP contribution in [-0.2, 0) is 11.2 Å². The van der Waals surface area contributed by atoms with Crippen LogP contribution in [0.5, 0.6) is 0 Å². The molecule has 0 saturated heterocycles. The summed E-state index contributed by atoms with van der Waals surface area (Å²) in [5, 5.41) is 8.67. The lowest BCUT2D eigenvalue weighted by atomic mass is 10.0. The van der Waals surface area contributed by atoms with E-state index >= 15 is 0 Å². The molecule has 0 aliphatic heterocycles. The number of aliphatic carboxylic acids is 1. The minimum Gasteiger partial charge on any atom is -0.481 e. The molecule has 0 spiro atoms. The van der Waals surface area contributed by atoms with E-state index in [1.54, 1.807) is 12.1 Å². The van der Waals surface area contributed by atoms with Gasteiger partial charge in [-0.1, -0.05) is 18.2 Å². The molecule has 0 fully saturated rings. The average molecular weight is 248 g/mol. The Morgan fingerprint density at radius 3 is 2.44 bits per heavy atom. The summed E-state index contributed by atoms with van der Waals surface area (Å²) in [4.78, 5) is 10.6. The Hall–Kier alpha value is -2.23. The number of hydrogen-bond donors (Lipinski definition) is 1. The smallest absolute Gasteiger partial charge is 0.307 e. The van der Waals surface area contributed by atoms with Gasteiger partial charge in [-0.2, -0.15) is 0 Å². The molecule has 0 unspecified atom stereocenters. The van der Waals surface area contributed by atoms with E-state index < -0.39 is 24.0 Å². The second-order valence-corrected chi connectivity index (χ2v) is 3.89. The molecule has 18 heavy (non-hydrogen) atoms. The topological polar surface area (TPSA) is 37.3 Å². The molecule has 92 valence electrons. The Labute approximate surface area is 103 Å². The van der Waals surface area contributed by atoms with Crippen LogP contribution in [0.4, 0.5) is 8.78 Å². The maximum Gasteiger partial charge on any atom is 0.307 e. The molecule has 2 aromatic rings. The second kappa shape index (κ2) is 4.96. The summed E-state index contributed by atoms with van der Waals surface area (Å²) in [5.41, 5.74) is 1.26. The molecule has 0 heterocycles. The van der Waals surface area contributed by atoms with Crippen molar-refractivity contribution >= 4 is 5.97 Å². The van der Waals surface area contributed by atoms with E-state index in [1.165, 1.54) is 30.3 Å². The Morgan fingerprint density at radius 1 is 1.06 bits per heavy atom. The third-order valence-corrected chi connectivity index (χ3v) is 2.55. The fraction of sp³-hybridized carbons (Fsp3) is 0.0714. The normalized spacial score (nSPS) is 10.3. The molecule has 0 radical (unpaired) electrons. The zero-order chi connectivity index (χ0) is 13.1. The van der Waals surface area contributed by atoms with Gasteiger partial charge in [-0.15, -0.1) is 0 Å². The van der Waals surface area contributed by atoms with Gasteiger partial charge in [0.05, 0.1) is 6.42 Å². The van der Waals surface area contributed by atoms with Crippen LogP contribution in [0.3, 0.4) is 0 Å². The number of carbonyl (C=O) groups is 1. The highest BCUT2D eigenvalue weighted by Crippen LogP contribution is 2.23. The summed E-state index contributed by atoms with van der Waals surface area (Å²) in [7, 11) is 0. The molecule has 2 aromatic carbocycles. The van der Waals surface area contributed by atoms with Gasteiger partial charge in [0.2, 0.25) is 0 Å². The van der Waals surface area contributed by atoms with Crippen LogP contribution in [0, 0.1) is 11.6 Å². The molecule has 2 nitrogen and oxygen atoms in total. The van der Waals surface area contributed by atoms with Gasteiger partial charge in [0.1, 0.15) is 11.6 Å². The quantitative estimate of drug-likeness (QED) is 0.905. The summed E-state index contributed by atoms with van der Waals surface area (Å²) in [6, 6.07) is 9.97. The van der Waals surface area contributed by atoms with Crippen molar-refractivity contribution in [2.75, 3.05) is 0 Å². The molecule has 0 aromatic heterocycles. The second-order valence-electron chi connectivity index (χ2n) is 3.89. The Balaban J connectivity index is 2.43. The molecule has 0 aliphatic carbocycles. The Morgan fingerprint density at radius 2 is 1.78 bits per heavy atom. The Bertz CT molecular complexity index is 594. The van der Waals surface area contributed by atoms with E-state index in [4.69, 9.17) is 5.11 Å². The first-order valence-corrected chi connectivity index (χ1v) is 5.32. The molecule has 4 heteroatoms. The lowest BCUT2D eigenvalue weighted by Gasteiger charge is -2.05. The van der Waals surface area contributed by atoms with E-state index in [0.29, 0.717) is 11.1 Å². The van der Waals surface area contributed by atoms with E-state index in [1.807, 2.05) is 0 Å². The van der Waals surface area contributed by atoms with Gasteiger partial charge in [-0.05, 0) is 41.0 Å². The van der Waals surface area contributed by atoms with Crippen molar-refractivity contribution in [3.63, 3.8) is 0 Å². The van der Waals surface area contributed by atoms with Crippen LogP contribution >= 0.6 is 0 Å². The summed E-state index contributed by atoms with van der Waals surface area (Å²) in [6.45, 7) is 0. The lowest BCUT2D eigenvalue weighted by molar-refractivity contribution is -0.136. The number of carboxylic acid groups (broad SMARTS) is 1. The fourth-order valence-corrected chi connectivity index (χ4v) is 1.72. The van der Waals surface area contributed by atoms with Crippen molar-refractivity contribution in [1.29, 1.82) is 0 Å². The third kappa shape index (κ3) is 2.71. The molecular formula is C14H10F2O2. The monoisotopic (exact) mass is 248 g/mol. The van der Waals surface area contributed by atoms with Gasteiger partial charge in [0, 0.05) is 0 Å². The minimum atomic E-state index is -1.11. The van der Waals surface area contributed by atoms with Crippen molar-refractivity contribution in [3.8, 4) is 11.1 Å². The van der Waals surface area contributed by atoms with Gasteiger partial charge >= 0.3 is 5.97 Å². The number of hydrogen-bond acceptors (Lipinski definition) is 1. The third-order valence-electron chi connectivity index (χ3n) is 2.55. The van der Waals surface area contributed by atoms with Gasteiger partial charge in [0.25, 0.3) is 0 Å². The lowest BCUT2D eigenvalue weighted by Crippen LogP contribution is -2.02. The van der Waals surface area contributed by atoms with Crippen LogP contribution in [0.15, 0.2) is 42.5 Å². The Kier molecular flexibility index (Phi) is 3.37. The number of carboxylic acids is 1.